The van der Waals surface area contributed by atoms with E-state index in [1.807, 2.05) is 0 Å². The number of ether oxygens (including phenoxy) is 1. The van der Waals surface area contributed by atoms with Crippen LogP contribution in [0.3, 0.4) is 0 Å². The molecule has 0 aliphatic carbocycles. The third kappa shape index (κ3) is 4.04. The molecule has 0 aromatic carbocycles. The molecule has 4 atom stereocenters. The summed E-state index contributed by atoms with van der Waals surface area (Å²) < 4.78 is 31.2. The highest BCUT2D eigenvalue weighted by Crippen LogP contribution is 2.20. The van der Waals surface area contributed by atoms with E-state index in [1.165, 1.54) is 0 Å². The van der Waals surface area contributed by atoms with Gasteiger partial charge in [-0.1, -0.05) is 0 Å². The molecule has 0 aromatic rings. The van der Waals surface area contributed by atoms with Crippen LogP contribution in [0.2, 0.25) is 0 Å². The van der Waals surface area contributed by atoms with E-state index in [9.17, 15) is 18.6 Å². The largest absolute Gasteiger partial charge is 0.390 e. The number of hydrogen-bond acceptors (Lipinski definition) is 6. The SMILES string of the molecule is CC1O[C@H](COS(C)(=O)=O)C[C@H](O)[C@@H]1O. The Balaban J connectivity index is 2.45. The maximum atomic E-state index is 10.7. The fourth-order valence-corrected chi connectivity index (χ4v) is 1.87. The molecule has 1 unspecified atom stereocenters. The lowest BCUT2D eigenvalue weighted by Crippen LogP contribution is -2.48. The Morgan fingerprint density at radius 3 is 2.53 bits per heavy atom. The fourth-order valence-electron chi connectivity index (χ4n) is 1.47. The minimum absolute atomic E-state index is 0.132. The predicted molar refractivity (Wildman–Crippen MR) is 51.8 cm³/mol. The first-order valence-corrected chi connectivity index (χ1v) is 6.47. The minimum Gasteiger partial charge on any atom is -0.390 e. The lowest BCUT2D eigenvalue weighted by molar-refractivity contribution is -0.167. The first-order chi connectivity index (χ1) is 6.79. The molecular formula is C8H16O6S. The Morgan fingerprint density at radius 1 is 1.47 bits per heavy atom. The number of aliphatic hydroxyl groups excluding tert-OH is 2. The van der Waals surface area contributed by atoms with Crippen molar-refractivity contribution in [1.29, 1.82) is 0 Å². The molecule has 1 aliphatic rings. The van der Waals surface area contributed by atoms with E-state index in [0.717, 1.165) is 6.26 Å². The minimum atomic E-state index is -3.50. The molecule has 0 amide bonds. The van der Waals surface area contributed by atoms with Crippen LogP contribution in [0.4, 0.5) is 0 Å². The lowest BCUT2D eigenvalue weighted by Gasteiger charge is -2.35. The van der Waals surface area contributed by atoms with Crippen molar-refractivity contribution < 1.29 is 27.6 Å². The molecule has 1 aliphatic heterocycles. The van der Waals surface area contributed by atoms with E-state index < -0.39 is 34.5 Å². The van der Waals surface area contributed by atoms with E-state index in [1.54, 1.807) is 6.92 Å². The molecule has 0 spiro atoms. The van der Waals surface area contributed by atoms with Crippen molar-refractivity contribution in [2.24, 2.45) is 0 Å². The summed E-state index contributed by atoms with van der Waals surface area (Å²) in [7, 11) is -3.50. The van der Waals surface area contributed by atoms with Crippen LogP contribution >= 0.6 is 0 Å². The van der Waals surface area contributed by atoms with Crippen molar-refractivity contribution in [1.82, 2.24) is 0 Å². The Morgan fingerprint density at radius 2 is 2.07 bits per heavy atom. The number of aliphatic hydroxyl groups is 2. The topological polar surface area (TPSA) is 93.1 Å². The van der Waals surface area contributed by atoms with Gasteiger partial charge in [0, 0.05) is 6.42 Å². The Kier molecular flexibility index (Phi) is 4.07. The zero-order valence-corrected chi connectivity index (χ0v) is 9.48. The van der Waals surface area contributed by atoms with Gasteiger partial charge in [-0.05, 0) is 6.92 Å². The first-order valence-electron chi connectivity index (χ1n) is 4.65. The molecule has 7 heteroatoms. The van der Waals surface area contributed by atoms with Gasteiger partial charge >= 0.3 is 0 Å². The monoisotopic (exact) mass is 240 g/mol. The smallest absolute Gasteiger partial charge is 0.264 e. The number of rotatable bonds is 3. The second kappa shape index (κ2) is 4.75. The molecule has 2 N–H and O–H groups in total. The van der Waals surface area contributed by atoms with Gasteiger partial charge in [-0.2, -0.15) is 8.42 Å². The highest BCUT2D eigenvalue weighted by molar-refractivity contribution is 7.85. The fraction of sp³-hybridized carbons (Fsp3) is 1.00. The summed E-state index contributed by atoms with van der Waals surface area (Å²) in [6, 6.07) is 0. The molecule has 0 aromatic heterocycles. The predicted octanol–water partition coefficient (Wildman–Crippen LogP) is -1.14. The van der Waals surface area contributed by atoms with Gasteiger partial charge in [0.1, 0.15) is 6.10 Å². The van der Waals surface area contributed by atoms with E-state index in [-0.39, 0.29) is 13.0 Å². The third-order valence-corrected chi connectivity index (χ3v) is 2.82. The van der Waals surface area contributed by atoms with Crippen LogP contribution in [0.5, 0.6) is 0 Å². The van der Waals surface area contributed by atoms with Gasteiger partial charge in [-0.25, -0.2) is 0 Å². The number of hydrogen-bond donors (Lipinski definition) is 2. The summed E-state index contributed by atoms with van der Waals surface area (Å²) in [4.78, 5) is 0. The van der Waals surface area contributed by atoms with Crippen molar-refractivity contribution in [2.75, 3.05) is 12.9 Å². The van der Waals surface area contributed by atoms with Gasteiger partial charge in [0.05, 0.1) is 31.2 Å². The van der Waals surface area contributed by atoms with Gasteiger partial charge in [0.2, 0.25) is 0 Å². The van der Waals surface area contributed by atoms with Crippen LogP contribution in [0.15, 0.2) is 0 Å². The molecule has 0 radical (unpaired) electrons. The molecule has 90 valence electrons. The molecular weight excluding hydrogens is 224 g/mol. The summed E-state index contributed by atoms with van der Waals surface area (Å²) in [5.74, 6) is 0. The zero-order chi connectivity index (χ0) is 11.6. The van der Waals surface area contributed by atoms with Gasteiger partial charge < -0.3 is 14.9 Å². The summed E-state index contributed by atoms with van der Waals surface area (Å²) in [5.41, 5.74) is 0. The highest BCUT2D eigenvalue weighted by Gasteiger charge is 2.34. The van der Waals surface area contributed by atoms with Crippen LogP contribution in [0.1, 0.15) is 13.3 Å². The standard InChI is InChI=1S/C8H16O6S/c1-5-8(10)7(9)3-6(14-5)4-13-15(2,11)12/h5-10H,3-4H2,1-2H3/t5?,6-,7-,8+/m0/s1. The molecule has 6 nitrogen and oxygen atoms in total. The van der Waals surface area contributed by atoms with Crippen molar-refractivity contribution in [3.8, 4) is 0 Å². The molecule has 1 fully saturated rings. The lowest BCUT2D eigenvalue weighted by atomic mass is 9.99. The van der Waals surface area contributed by atoms with Crippen molar-refractivity contribution in [2.45, 2.75) is 37.8 Å². The summed E-state index contributed by atoms with van der Waals surface area (Å²) in [6.45, 7) is 1.48. The maximum absolute atomic E-state index is 10.7. The van der Waals surface area contributed by atoms with Crippen molar-refractivity contribution in [3.63, 3.8) is 0 Å². The van der Waals surface area contributed by atoms with E-state index in [0.29, 0.717) is 0 Å². The molecule has 0 bridgehead atoms. The Labute approximate surface area is 88.9 Å². The molecule has 15 heavy (non-hydrogen) atoms. The Bertz CT molecular complexity index is 288. The van der Waals surface area contributed by atoms with E-state index >= 15 is 0 Å². The molecule has 1 heterocycles. The molecule has 1 saturated heterocycles. The van der Waals surface area contributed by atoms with Gasteiger partial charge in [0.25, 0.3) is 10.1 Å². The average molecular weight is 240 g/mol. The highest BCUT2D eigenvalue weighted by atomic mass is 32.2. The zero-order valence-electron chi connectivity index (χ0n) is 8.66. The van der Waals surface area contributed by atoms with Gasteiger partial charge in [-0.3, -0.25) is 4.18 Å². The third-order valence-electron chi connectivity index (χ3n) is 2.25. The van der Waals surface area contributed by atoms with Crippen LogP contribution < -0.4 is 0 Å². The van der Waals surface area contributed by atoms with Crippen molar-refractivity contribution >= 4 is 10.1 Å². The summed E-state index contributed by atoms with van der Waals surface area (Å²) >= 11 is 0. The van der Waals surface area contributed by atoms with Crippen LogP contribution in [-0.4, -0.2) is 55.9 Å². The van der Waals surface area contributed by atoms with E-state index in [2.05, 4.69) is 4.18 Å². The second-order valence-electron chi connectivity index (χ2n) is 3.75. The van der Waals surface area contributed by atoms with Gasteiger partial charge in [0.15, 0.2) is 0 Å². The normalized spacial score (nSPS) is 37.9. The molecule has 0 saturated carbocycles. The summed E-state index contributed by atoms with van der Waals surface area (Å²) in [6.07, 6.45) is -1.75. The van der Waals surface area contributed by atoms with Crippen LogP contribution in [0, 0.1) is 0 Å². The maximum Gasteiger partial charge on any atom is 0.264 e. The first kappa shape index (κ1) is 12.9. The van der Waals surface area contributed by atoms with Crippen molar-refractivity contribution in [3.05, 3.63) is 0 Å². The molecule has 1 rings (SSSR count). The van der Waals surface area contributed by atoms with Crippen LogP contribution in [0.25, 0.3) is 0 Å². The van der Waals surface area contributed by atoms with Gasteiger partial charge in [-0.15, -0.1) is 0 Å². The summed E-state index contributed by atoms with van der Waals surface area (Å²) in [5, 5.41) is 18.8. The van der Waals surface area contributed by atoms with E-state index in [4.69, 9.17) is 4.74 Å². The average Bonchev–Trinajstić information content (AvgIpc) is 2.09. The Hall–Kier alpha value is -0.210. The van der Waals surface area contributed by atoms with Crippen LogP contribution in [-0.2, 0) is 19.0 Å². The quantitative estimate of drug-likeness (QED) is 0.606. The second-order valence-corrected chi connectivity index (χ2v) is 5.39.